The third-order valence-electron chi connectivity index (χ3n) is 7.98. The highest BCUT2D eigenvalue weighted by Gasteiger charge is 2.05. The fourth-order valence-corrected chi connectivity index (χ4v) is 5.51. The van der Waals surface area contributed by atoms with Crippen LogP contribution in [0.5, 0.6) is 11.5 Å². The second-order valence-electron chi connectivity index (χ2n) is 11.5. The number of aliphatic imine (C=N–C) groups is 2. The van der Waals surface area contributed by atoms with Crippen molar-refractivity contribution in [2.45, 2.75) is 26.3 Å². The maximum absolute atomic E-state index is 6.14. The van der Waals surface area contributed by atoms with E-state index in [4.69, 9.17) is 19.5 Å². The highest BCUT2D eigenvalue weighted by atomic mass is 16.5. The van der Waals surface area contributed by atoms with E-state index in [0.717, 1.165) is 44.9 Å². The third-order valence-corrected chi connectivity index (χ3v) is 7.98. The number of hydrogen-bond donors (Lipinski definition) is 0. The van der Waals surface area contributed by atoms with E-state index < -0.39 is 0 Å². The van der Waals surface area contributed by atoms with Gasteiger partial charge >= 0.3 is 0 Å². The minimum atomic E-state index is 0.471. The summed E-state index contributed by atoms with van der Waals surface area (Å²) in [5, 5.41) is 0. The fourth-order valence-electron chi connectivity index (χ4n) is 5.51. The van der Waals surface area contributed by atoms with Gasteiger partial charge in [-0.25, -0.2) is 0 Å². The molecular weight excluding hydrogens is 564 g/mol. The molecule has 4 heteroatoms. The molecule has 0 atom stereocenters. The van der Waals surface area contributed by atoms with Gasteiger partial charge in [0, 0.05) is 12.4 Å². The maximum atomic E-state index is 6.14. The maximum Gasteiger partial charge on any atom is 0.120 e. The lowest BCUT2D eigenvalue weighted by Gasteiger charge is -2.10. The quantitative estimate of drug-likeness (QED) is 0.175. The predicted molar refractivity (Wildman–Crippen MR) is 188 cm³/mol. The van der Waals surface area contributed by atoms with Crippen LogP contribution in [0.25, 0.3) is 22.3 Å². The molecule has 0 spiro atoms. The molecule has 9 rings (SSSR count). The lowest BCUT2D eigenvalue weighted by molar-refractivity contribution is 0.300. The monoisotopic (exact) mass is 598 g/mol. The Morgan fingerprint density at radius 1 is 0.370 bits per heavy atom. The summed E-state index contributed by atoms with van der Waals surface area (Å²) in [4.78, 5) is 9.41. The van der Waals surface area contributed by atoms with Crippen molar-refractivity contribution >= 4 is 12.4 Å². The SMILES string of the molecule is C1=NCc2ccc(cc2)-c2cccc(c2)-c2ccc(cc2)CN=Cc2cccc(c2)OCc2cccc(c2)COc2cccc1c2. The first-order chi connectivity index (χ1) is 22.7. The Balaban J connectivity index is 1.15. The number of benzene rings is 6. The van der Waals surface area contributed by atoms with Gasteiger partial charge in [-0.1, -0.05) is 109 Å². The van der Waals surface area contributed by atoms with Crippen LogP contribution >= 0.6 is 0 Å². The summed E-state index contributed by atoms with van der Waals surface area (Å²) in [6.07, 6.45) is 3.82. The summed E-state index contributed by atoms with van der Waals surface area (Å²) in [5.41, 5.74) is 11.3. The van der Waals surface area contributed by atoms with E-state index in [9.17, 15) is 0 Å². The highest BCUT2D eigenvalue weighted by Crippen LogP contribution is 2.27. The molecule has 224 valence electrons. The van der Waals surface area contributed by atoms with E-state index in [-0.39, 0.29) is 0 Å². The van der Waals surface area contributed by atoms with Crippen LogP contribution in [0.15, 0.2) is 156 Å². The summed E-state index contributed by atoms with van der Waals surface area (Å²) in [6, 6.07) is 50.4. The van der Waals surface area contributed by atoms with E-state index in [1.807, 2.05) is 67.0 Å². The van der Waals surface area contributed by atoms with Crippen LogP contribution in [-0.2, 0) is 26.3 Å². The van der Waals surface area contributed by atoms with Crippen LogP contribution in [0.3, 0.4) is 0 Å². The summed E-state index contributed by atoms with van der Waals surface area (Å²) in [6.45, 7) is 2.17. The second kappa shape index (κ2) is 13.9. The smallest absolute Gasteiger partial charge is 0.120 e. The molecule has 6 aromatic carbocycles. The van der Waals surface area contributed by atoms with E-state index >= 15 is 0 Å². The van der Waals surface area contributed by atoms with Gasteiger partial charge in [0.15, 0.2) is 0 Å². The highest BCUT2D eigenvalue weighted by molar-refractivity contribution is 5.81. The summed E-state index contributed by atoms with van der Waals surface area (Å²) in [5.74, 6) is 1.62. The zero-order valence-electron chi connectivity index (χ0n) is 25.6. The first-order valence-corrected chi connectivity index (χ1v) is 15.6. The van der Waals surface area contributed by atoms with E-state index in [2.05, 4.69) is 91.0 Å². The molecule has 12 bridgehead atoms. The van der Waals surface area contributed by atoms with Gasteiger partial charge in [-0.05, 0) is 92.0 Å². The normalized spacial score (nSPS) is 13.0. The summed E-state index contributed by atoms with van der Waals surface area (Å²) < 4.78 is 12.3. The molecule has 0 amide bonds. The van der Waals surface area contributed by atoms with Gasteiger partial charge in [-0.2, -0.15) is 0 Å². The summed E-state index contributed by atoms with van der Waals surface area (Å²) in [7, 11) is 0. The van der Waals surface area contributed by atoms with Crippen molar-refractivity contribution in [2.75, 3.05) is 0 Å². The first-order valence-electron chi connectivity index (χ1n) is 15.6. The van der Waals surface area contributed by atoms with Gasteiger partial charge in [-0.15, -0.1) is 0 Å². The Labute approximate surface area is 270 Å². The van der Waals surface area contributed by atoms with Crippen LogP contribution in [0.2, 0.25) is 0 Å². The molecule has 0 fully saturated rings. The van der Waals surface area contributed by atoms with Crippen molar-refractivity contribution in [3.05, 3.63) is 179 Å². The average molecular weight is 599 g/mol. The Hall–Kier alpha value is -5.74. The standard InChI is InChI=1S/C42H34N2O2/c1-7-35-21-36(8-1)30-46-42-12-3-6-34(23-42)28-44-26-32-15-19-38(20-16-32)40-10-4-9-39(24-40)37-17-13-31(14-18-37)25-43-27-33-5-2-11-41(22-33)45-29-35/h1-24,27-28H,25-26,29-30H2. The van der Waals surface area contributed by atoms with Crippen LogP contribution in [0, 0.1) is 0 Å². The van der Waals surface area contributed by atoms with E-state index in [1.165, 1.54) is 22.3 Å². The fraction of sp³-hybridized carbons (Fsp3) is 0.0952. The molecule has 3 heterocycles. The minimum absolute atomic E-state index is 0.471. The molecular formula is C42H34N2O2. The van der Waals surface area contributed by atoms with Crippen molar-refractivity contribution < 1.29 is 9.47 Å². The lowest BCUT2D eigenvalue weighted by atomic mass is 9.98. The van der Waals surface area contributed by atoms with Crippen LogP contribution in [-0.4, -0.2) is 12.4 Å². The zero-order valence-corrected chi connectivity index (χ0v) is 25.6. The Morgan fingerprint density at radius 2 is 0.826 bits per heavy atom. The van der Waals surface area contributed by atoms with Crippen molar-refractivity contribution in [2.24, 2.45) is 9.98 Å². The van der Waals surface area contributed by atoms with Crippen LogP contribution in [0.1, 0.15) is 33.4 Å². The van der Waals surface area contributed by atoms with Crippen molar-refractivity contribution in [1.82, 2.24) is 0 Å². The van der Waals surface area contributed by atoms with Crippen LogP contribution in [0.4, 0.5) is 0 Å². The predicted octanol–water partition coefficient (Wildman–Crippen LogP) is 9.73. The zero-order chi connectivity index (χ0) is 31.0. The Kier molecular flexibility index (Phi) is 8.77. The molecule has 3 aliphatic rings. The van der Waals surface area contributed by atoms with E-state index in [1.54, 1.807) is 0 Å². The Bertz CT molecular complexity index is 1850. The molecule has 0 saturated heterocycles. The van der Waals surface area contributed by atoms with E-state index in [0.29, 0.717) is 26.3 Å². The van der Waals surface area contributed by atoms with Crippen molar-refractivity contribution in [3.8, 4) is 33.8 Å². The first kappa shape index (κ1) is 29.0. The molecule has 0 aliphatic carbocycles. The summed E-state index contributed by atoms with van der Waals surface area (Å²) >= 11 is 0. The molecule has 0 saturated carbocycles. The molecule has 6 aromatic rings. The molecule has 0 radical (unpaired) electrons. The largest absolute Gasteiger partial charge is 0.489 e. The van der Waals surface area contributed by atoms with Crippen molar-refractivity contribution in [1.29, 1.82) is 0 Å². The molecule has 0 N–H and O–H groups in total. The lowest BCUT2D eigenvalue weighted by Crippen LogP contribution is -2.00. The van der Waals surface area contributed by atoms with Crippen LogP contribution < -0.4 is 9.47 Å². The van der Waals surface area contributed by atoms with Gasteiger partial charge in [0.25, 0.3) is 0 Å². The Morgan fingerprint density at radius 3 is 1.33 bits per heavy atom. The topological polar surface area (TPSA) is 43.2 Å². The van der Waals surface area contributed by atoms with Gasteiger partial charge in [0.05, 0.1) is 13.1 Å². The number of fused-ring (bicyclic) bond motifs is 2. The minimum Gasteiger partial charge on any atom is -0.489 e. The number of nitrogens with zero attached hydrogens (tertiary/aromatic N) is 2. The molecule has 3 aliphatic heterocycles. The van der Waals surface area contributed by atoms with Gasteiger partial charge < -0.3 is 9.47 Å². The molecule has 0 aromatic heterocycles. The number of ether oxygens (including phenoxy) is 2. The third kappa shape index (κ3) is 7.48. The van der Waals surface area contributed by atoms with Gasteiger partial charge in [-0.3, -0.25) is 9.98 Å². The van der Waals surface area contributed by atoms with Gasteiger partial charge in [0.1, 0.15) is 24.7 Å². The van der Waals surface area contributed by atoms with Crippen molar-refractivity contribution in [3.63, 3.8) is 0 Å². The molecule has 0 unspecified atom stereocenters. The second-order valence-corrected chi connectivity index (χ2v) is 11.5. The number of hydrogen-bond acceptors (Lipinski definition) is 4. The molecule has 4 nitrogen and oxygen atoms in total. The van der Waals surface area contributed by atoms with Gasteiger partial charge in [0.2, 0.25) is 0 Å². The number of rotatable bonds is 0. The average Bonchev–Trinajstić information content (AvgIpc) is 3.11. The molecule has 46 heavy (non-hydrogen) atoms.